The normalized spacial score (nSPS) is 10.7. The Bertz CT molecular complexity index is 600. The molecule has 6 heteroatoms. The van der Waals surface area contributed by atoms with Crippen molar-refractivity contribution in [2.24, 2.45) is 0 Å². The molecule has 0 aliphatic rings. The van der Waals surface area contributed by atoms with Crippen LogP contribution in [0.1, 0.15) is 13.8 Å². The number of pyridine rings is 1. The maximum Gasteiger partial charge on any atom is 0.169 e. The zero-order valence-electron chi connectivity index (χ0n) is 11.2. The number of nitrogens with two attached hydrogens (primary N) is 1. The summed E-state index contributed by atoms with van der Waals surface area (Å²) in [4.78, 5) is 3.62. The van der Waals surface area contributed by atoms with Gasteiger partial charge in [0.25, 0.3) is 0 Å². The van der Waals surface area contributed by atoms with Crippen molar-refractivity contribution < 1.29 is 13.5 Å². The fraction of sp³-hybridized carbons (Fsp3) is 0.214. The molecule has 1 heterocycles. The molecule has 0 amide bonds. The van der Waals surface area contributed by atoms with Crippen LogP contribution in [0.2, 0.25) is 0 Å². The van der Waals surface area contributed by atoms with Crippen LogP contribution in [0.3, 0.4) is 0 Å². The first-order valence-corrected chi connectivity index (χ1v) is 6.11. The molecule has 0 spiro atoms. The average Bonchev–Trinajstić information content (AvgIpc) is 2.37. The zero-order valence-corrected chi connectivity index (χ0v) is 11.2. The minimum atomic E-state index is -0.881. The maximum absolute atomic E-state index is 13.5. The largest absolute Gasteiger partial charge is 0.491 e. The van der Waals surface area contributed by atoms with Gasteiger partial charge in [-0.2, -0.15) is 0 Å². The molecule has 0 saturated carbocycles. The van der Waals surface area contributed by atoms with Crippen molar-refractivity contribution in [1.82, 2.24) is 4.98 Å². The second-order valence-electron chi connectivity index (χ2n) is 4.50. The second-order valence-corrected chi connectivity index (χ2v) is 4.50. The molecule has 4 nitrogen and oxygen atoms in total. The van der Waals surface area contributed by atoms with Crippen LogP contribution in [0.4, 0.5) is 26.1 Å². The number of ether oxygens (including phenoxy) is 1. The van der Waals surface area contributed by atoms with Gasteiger partial charge in [-0.25, -0.2) is 13.8 Å². The molecule has 0 aliphatic carbocycles. The van der Waals surface area contributed by atoms with Gasteiger partial charge in [-0.15, -0.1) is 0 Å². The Labute approximate surface area is 115 Å². The topological polar surface area (TPSA) is 60.2 Å². The van der Waals surface area contributed by atoms with Crippen molar-refractivity contribution in [2.75, 3.05) is 11.1 Å². The third-order valence-corrected chi connectivity index (χ3v) is 2.45. The van der Waals surface area contributed by atoms with Gasteiger partial charge in [0.05, 0.1) is 6.10 Å². The minimum absolute atomic E-state index is 0.0739. The smallest absolute Gasteiger partial charge is 0.169 e. The van der Waals surface area contributed by atoms with Crippen LogP contribution in [0.15, 0.2) is 30.3 Å². The summed E-state index contributed by atoms with van der Waals surface area (Å²) in [5, 5.41) is 2.73. The summed E-state index contributed by atoms with van der Waals surface area (Å²) in [5.74, 6) is -1.46. The Morgan fingerprint density at radius 1 is 1.15 bits per heavy atom. The van der Waals surface area contributed by atoms with E-state index in [1.165, 1.54) is 0 Å². The summed E-state index contributed by atoms with van der Waals surface area (Å²) in [5.41, 5.74) is 5.91. The number of hydrogen-bond acceptors (Lipinski definition) is 4. The van der Waals surface area contributed by atoms with Gasteiger partial charge >= 0.3 is 0 Å². The van der Waals surface area contributed by atoms with Crippen LogP contribution in [0.5, 0.6) is 5.75 Å². The molecule has 0 fully saturated rings. The summed E-state index contributed by atoms with van der Waals surface area (Å²) in [6.45, 7) is 3.85. The van der Waals surface area contributed by atoms with Crippen molar-refractivity contribution in [3.8, 4) is 5.75 Å². The SMILES string of the molecule is CC(C)Oc1ccc(Nc2nc(N)c(F)cc2F)cc1. The lowest BCUT2D eigenvalue weighted by Crippen LogP contribution is -2.05. The molecule has 20 heavy (non-hydrogen) atoms. The van der Waals surface area contributed by atoms with Crippen molar-refractivity contribution in [3.05, 3.63) is 42.0 Å². The Hall–Kier alpha value is -2.37. The predicted octanol–water partition coefficient (Wildman–Crippen LogP) is 3.47. The molecule has 1 aromatic heterocycles. The van der Waals surface area contributed by atoms with E-state index in [-0.39, 0.29) is 17.7 Å². The molecule has 106 valence electrons. The fourth-order valence-electron chi connectivity index (χ4n) is 1.59. The van der Waals surface area contributed by atoms with Crippen molar-refractivity contribution >= 4 is 17.3 Å². The first-order chi connectivity index (χ1) is 9.45. The van der Waals surface area contributed by atoms with Gasteiger partial charge < -0.3 is 15.8 Å². The molecule has 1 aromatic carbocycles. The summed E-state index contributed by atoms with van der Waals surface area (Å²) < 4.78 is 32.0. The lowest BCUT2D eigenvalue weighted by Gasteiger charge is -2.11. The lowest BCUT2D eigenvalue weighted by molar-refractivity contribution is 0.242. The third kappa shape index (κ3) is 3.34. The van der Waals surface area contributed by atoms with Gasteiger partial charge in [0.15, 0.2) is 23.3 Å². The van der Waals surface area contributed by atoms with E-state index in [2.05, 4.69) is 10.3 Å². The highest BCUT2D eigenvalue weighted by Gasteiger charge is 2.10. The Morgan fingerprint density at radius 3 is 2.40 bits per heavy atom. The monoisotopic (exact) mass is 279 g/mol. The summed E-state index contributed by atoms with van der Waals surface area (Å²) in [6.07, 6.45) is 0.0739. The molecular formula is C14H15F2N3O. The molecule has 0 atom stereocenters. The Morgan fingerprint density at radius 2 is 1.80 bits per heavy atom. The molecule has 0 aliphatic heterocycles. The lowest BCUT2D eigenvalue weighted by atomic mass is 10.3. The quantitative estimate of drug-likeness (QED) is 0.899. The summed E-state index contributed by atoms with van der Waals surface area (Å²) in [6, 6.07) is 7.60. The molecule has 0 radical (unpaired) electrons. The first-order valence-electron chi connectivity index (χ1n) is 6.11. The van der Waals surface area contributed by atoms with Gasteiger partial charge in [0.2, 0.25) is 0 Å². The molecule has 2 aromatic rings. The fourth-order valence-corrected chi connectivity index (χ4v) is 1.59. The molecule has 2 rings (SSSR count). The van der Waals surface area contributed by atoms with Crippen LogP contribution in [0.25, 0.3) is 0 Å². The van der Waals surface area contributed by atoms with E-state index in [4.69, 9.17) is 10.5 Å². The molecule has 0 bridgehead atoms. The van der Waals surface area contributed by atoms with Gasteiger partial charge in [-0.05, 0) is 38.1 Å². The number of anilines is 3. The van der Waals surface area contributed by atoms with Crippen molar-refractivity contribution in [1.29, 1.82) is 0 Å². The molecular weight excluding hydrogens is 264 g/mol. The molecule has 0 unspecified atom stereocenters. The number of aromatic nitrogens is 1. The average molecular weight is 279 g/mol. The van der Waals surface area contributed by atoms with E-state index in [1.54, 1.807) is 24.3 Å². The van der Waals surface area contributed by atoms with E-state index in [9.17, 15) is 8.78 Å². The summed E-state index contributed by atoms with van der Waals surface area (Å²) >= 11 is 0. The van der Waals surface area contributed by atoms with E-state index in [0.717, 1.165) is 0 Å². The number of benzene rings is 1. The van der Waals surface area contributed by atoms with Crippen LogP contribution in [-0.2, 0) is 0 Å². The number of nitrogens with zero attached hydrogens (tertiary/aromatic N) is 1. The van der Waals surface area contributed by atoms with Crippen LogP contribution in [0, 0.1) is 11.6 Å². The van der Waals surface area contributed by atoms with E-state index < -0.39 is 11.6 Å². The highest BCUT2D eigenvalue weighted by atomic mass is 19.1. The predicted molar refractivity (Wildman–Crippen MR) is 74.1 cm³/mol. The number of halogens is 2. The maximum atomic E-state index is 13.5. The van der Waals surface area contributed by atoms with Crippen LogP contribution in [-0.4, -0.2) is 11.1 Å². The highest BCUT2D eigenvalue weighted by Crippen LogP contribution is 2.23. The standard InChI is InChI=1S/C14H15F2N3O/c1-8(2)20-10-5-3-9(4-6-10)18-14-12(16)7-11(15)13(17)19-14/h3-8H,1-2H3,(H3,17,18,19). The molecule has 3 N–H and O–H groups in total. The van der Waals surface area contributed by atoms with Gasteiger partial charge in [0.1, 0.15) is 5.75 Å². The first kappa shape index (κ1) is 14.0. The number of hydrogen-bond donors (Lipinski definition) is 2. The van der Waals surface area contributed by atoms with E-state index >= 15 is 0 Å². The third-order valence-electron chi connectivity index (χ3n) is 2.45. The number of nitrogens with one attached hydrogen (secondary N) is 1. The Balaban J connectivity index is 2.16. The molecule has 0 saturated heterocycles. The minimum Gasteiger partial charge on any atom is -0.491 e. The van der Waals surface area contributed by atoms with Gasteiger partial charge in [0, 0.05) is 11.8 Å². The van der Waals surface area contributed by atoms with Crippen molar-refractivity contribution in [3.63, 3.8) is 0 Å². The number of rotatable bonds is 4. The van der Waals surface area contributed by atoms with E-state index in [1.807, 2.05) is 13.8 Å². The van der Waals surface area contributed by atoms with Gasteiger partial charge in [-0.3, -0.25) is 0 Å². The van der Waals surface area contributed by atoms with Crippen molar-refractivity contribution in [2.45, 2.75) is 20.0 Å². The van der Waals surface area contributed by atoms with Crippen LogP contribution < -0.4 is 15.8 Å². The van der Waals surface area contributed by atoms with E-state index in [0.29, 0.717) is 17.5 Å². The van der Waals surface area contributed by atoms with Gasteiger partial charge in [-0.1, -0.05) is 0 Å². The number of nitrogen functional groups attached to an aromatic ring is 1. The second kappa shape index (κ2) is 5.73. The highest BCUT2D eigenvalue weighted by molar-refractivity contribution is 5.59. The Kier molecular flexibility index (Phi) is 4.02. The zero-order chi connectivity index (χ0) is 14.7. The summed E-state index contributed by atoms with van der Waals surface area (Å²) in [7, 11) is 0. The van der Waals surface area contributed by atoms with Crippen LogP contribution >= 0.6 is 0 Å².